The molecule has 0 bridgehead atoms. The van der Waals surface area contributed by atoms with Gasteiger partial charge >= 0.3 is 5.97 Å². The Labute approximate surface area is 198 Å². The lowest BCUT2D eigenvalue weighted by Crippen LogP contribution is -2.25. The third-order valence-corrected chi connectivity index (χ3v) is 6.50. The van der Waals surface area contributed by atoms with Crippen molar-refractivity contribution in [2.24, 2.45) is 11.8 Å². The van der Waals surface area contributed by atoms with E-state index in [4.69, 9.17) is 4.74 Å². The lowest BCUT2D eigenvalue weighted by molar-refractivity contribution is -0.147. The van der Waals surface area contributed by atoms with Crippen LogP contribution in [0.5, 0.6) is 0 Å². The summed E-state index contributed by atoms with van der Waals surface area (Å²) in [5.41, 5.74) is 1.21. The monoisotopic (exact) mass is 459 g/mol. The highest BCUT2D eigenvalue weighted by molar-refractivity contribution is 5.75. The Bertz CT molecular complexity index is 735. The molecule has 0 unspecified atom stereocenters. The largest absolute Gasteiger partial charge is 0.463 e. The van der Waals surface area contributed by atoms with Gasteiger partial charge in [-0.05, 0) is 75.7 Å². The summed E-state index contributed by atoms with van der Waals surface area (Å²) in [6.07, 6.45) is 9.05. The van der Waals surface area contributed by atoms with E-state index in [1.807, 2.05) is 25.1 Å². The molecule has 0 spiro atoms. The number of hydrogen-bond acceptors (Lipinski definition) is 5. The first-order valence-corrected chi connectivity index (χ1v) is 12.4. The zero-order valence-electron chi connectivity index (χ0n) is 20.1. The summed E-state index contributed by atoms with van der Waals surface area (Å²) in [6.45, 7) is 4.00. The van der Waals surface area contributed by atoms with Gasteiger partial charge in [0, 0.05) is 19.9 Å². The van der Waals surface area contributed by atoms with Gasteiger partial charge in [-0.15, -0.1) is 0 Å². The Morgan fingerprint density at radius 2 is 1.85 bits per heavy atom. The molecule has 1 saturated carbocycles. The Kier molecular flexibility index (Phi) is 12.2. The van der Waals surface area contributed by atoms with Gasteiger partial charge in [0.15, 0.2) is 0 Å². The molecule has 0 aliphatic heterocycles. The molecule has 2 rings (SSSR count). The highest BCUT2D eigenvalue weighted by Crippen LogP contribution is 2.38. The number of esters is 1. The molecule has 6 heteroatoms. The zero-order chi connectivity index (χ0) is 24.1. The first-order chi connectivity index (χ1) is 15.9. The van der Waals surface area contributed by atoms with Gasteiger partial charge in [-0.25, -0.2) is 0 Å². The average molecular weight is 460 g/mol. The molecule has 0 radical (unpaired) electrons. The minimum Gasteiger partial charge on any atom is -0.463 e. The van der Waals surface area contributed by atoms with E-state index in [1.54, 1.807) is 0 Å². The van der Waals surface area contributed by atoms with Crippen LogP contribution < -0.4 is 5.32 Å². The first kappa shape index (κ1) is 27.1. The van der Waals surface area contributed by atoms with Gasteiger partial charge in [-0.1, -0.05) is 42.5 Å². The molecule has 0 aromatic heterocycles. The predicted octanol–water partition coefficient (Wildman–Crippen LogP) is 3.94. The van der Waals surface area contributed by atoms with Gasteiger partial charge in [0.25, 0.3) is 0 Å². The third kappa shape index (κ3) is 10.1. The van der Waals surface area contributed by atoms with Gasteiger partial charge in [0.2, 0.25) is 5.91 Å². The number of aliphatic hydroxyl groups is 2. The predicted molar refractivity (Wildman–Crippen MR) is 129 cm³/mol. The molecule has 1 aromatic rings. The number of benzene rings is 1. The SMILES string of the molecule is CCNC(=O)CCC/C=C\C[C@@H]1[C@@H](CC[C@H](CCc2ccccc2)OC(C)=O)[C@H](O)C[C@@H]1O. The molecule has 1 amide bonds. The Balaban J connectivity index is 1.83. The van der Waals surface area contributed by atoms with Crippen molar-refractivity contribution in [3.8, 4) is 0 Å². The number of aliphatic hydroxyl groups excluding tert-OH is 2. The van der Waals surface area contributed by atoms with Gasteiger partial charge < -0.3 is 20.3 Å². The quantitative estimate of drug-likeness (QED) is 0.222. The summed E-state index contributed by atoms with van der Waals surface area (Å²) in [5, 5.41) is 23.8. The average Bonchev–Trinajstić information content (AvgIpc) is 3.05. The third-order valence-electron chi connectivity index (χ3n) is 6.50. The van der Waals surface area contributed by atoms with E-state index in [0.717, 1.165) is 25.7 Å². The van der Waals surface area contributed by atoms with Crippen molar-refractivity contribution in [3.05, 3.63) is 48.0 Å². The number of ether oxygens (including phenoxy) is 1. The van der Waals surface area contributed by atoms with Crippen LogP contribution in [0.4, 0.5) is 0 Å². The van der Waals surface area contributed by atoms with Crippen LogP contribution in [0.2, 0.25) is 0 Å². The standard InChI is InChI=1S/C27H41NO5/c1-3-28-27(32)14-10-5-4-9-13-23-24(26(31)19-25(23)30)18-17-22(33-20(2)29)16-15-21-11-7-6-8-12-21/h4,6-9,11-12,22-26,30-31H,3,5,10,13-19H2,1-2H3,(H,28,32)/b9-4-/t22-,23+,24+,25-,26+/m0/s1. The van der Waals surface area contributed by atoms with Gasteiger partial charge in [0.1, 0.15) is 6.10 Å². The van der Waals surface area contributed by atoms with E-state index in [-0.39, 0.29) is 29.8 Å². The topological polar surface area (TPSA) is 95.9 Å². The summed E-state index contributed by atoms with van der Waals surface area (Å²) >= 11 is 0. The van der Waals surface area contributed by atoms with E-state index in [9.17, 15) is 19.8 Å². The summed E-state index contributed by atoms with van der Waals surface area (Å²) in [5.74, 6) is -0.233. The summed E-state index contributed by atoms with van der Waals surface area (Å²) in [7, 11) is 0. The number of aryl methyl sites for hydroxylation is 1. The molecule has 5 atom stereocenters. The number of allylic oxidation sites excluding steroid dienone is 2. The van der Waals surface area contributed by atoms with Crippen molar-refractivity contribution >= 4 is 11.9 Å². The molecule has 1 aromatic carbocycles. The molecule has 0 saturated heterocycles. The molecular formula is C27H41NO5. The second-order valence-corrected chi connectivity index (χ2v) is 9.08. The Morgan fingerprint density at radius 3 is 2.55 bits per heavy atom. The number of carbonyl (C=O) groups excluding carboxylic acids is 2. The zero-order valence-corrected chi connectivity index (χ0v) is 20.1. The van der Waals surface area contributed by atoms with Gasteiger partial charge in [0.05, 0.1) is 12.2 Å². The molecule has 3 N–H and O–H groups in total. The lowest BCUT2D eigenvalue weighted by atomic mass is 9.85. The summed E-state index contributed by atoms with van der Waals surface area (Å²) in [6, 6.07) is 10.1. The summed E-state index contributed by atoms with van der Waals surface area (Å²) < 4.78 is 5.56. The molecule has 33 heavy (non-hydrogen) atoms. The highest BCUT2D eigenvalue weighted by Gasteiger charge is 2.40. The van der Waals surface area contributed by atoms with Crippen molar-refractivity contribution in [1.29, 1.82) is 0 Å². The normalized spacial score (nSPS) is 23.5. The fourth-order valence-corrected chi connectivity index (χ4v) is 4.79. The van der Waals surface area contributed by atoms with Crippen molar-refractivity contribution < 1.29 is 24.5 Å². The summed E-state index contributed by atoms with van der Waals surface area (Å²) in [4.78, 5) is 23.1. The van der Waals surface area contributed by atoms with Crippen LogP contribution in [0.1, 0.15) is 70.8 Å². The van der Waals surface area contributed by atoms with Crippen LogP contribution in [0.25, 0.3) is 0 Å². The van der Waals surface area contributed by atoms with E-state index in [2.05, 4.69) is 29.6 Å². The van der Waals surface area contributed by atoms with Crippen LogP contribution in [-0.2, 0) is 20.7 Å². The van der Waals surface area contributed by atoms with E-state index < -0.39 is 12.2 Å². The number of hydrogen-bond donors (Lipinski definition) is 3. The van der Waals surface area contributed by atoms with Crippen LogP contribution >= 0.6 is 0 Å². The maximum Gasteiger partial charge on any atom is 0.302 e. The van der Waals surface area contributed by atoms with Crippen LogP contribution in [-0.4, -0.2) is 46.9 Å². The number of amides is 1. The Morgan fingerprint density at radius 1 is 1.12 bits per heavy atom. The Hall–Kier alpha value is -2.18. The molecule has 6 nitrogen and oxygen atoms in total. The van der Waals surface area contributed by atoms with Crippen LogP contribution in [0, 0.1) is 11.8 Å². The number of rotatable bonds is 14. The fraction of sp³-hybridized carbons (Fsp3) is 0.630. The van der Waals surface area contributed by atoms with Gasteiger partial charge in [-0.3, -0.25) is 9.59 Å². The highest BCUT2D eigenvalue weighted by atomic mass is 16.5. The molecule has 1 aliphatic rings. The number of nitrogens with one attached hydrogen (secondary N) is 1. The van der Waals surface area contributed by atoms with Crippen molar-refractivity contribution in [2.75, 3.05) is 6.54 Å². The van der Waals surface area contributed by atoms with Gasteiger partial charge in [-0.2, -0.15) is 0 Å². The number of carbonyl (C=O) groups is 2. The van der Waals surface area contributed by atoms with Crippen molar-refractivity contribution in [1.82, 2.24) is 5.32 Å². The lowest BCUT2D eigenvalue weighted by Gasteiger charge is -2.25. The second-order valence-electron chi connectivity index (χ2n) is 9.08. The first-order valence-electron chi connectivity index (χ1n) is 12.4. The smallest absolute Gasteiger partial charge is 0.302 e. The molecule has 1 fully saturated rings. The minimum atomic E-state index is -0.539. The second kappa shape index (κ2) is 14.9. The van der Waals surface area contributed by atoms with Crippen LogP contribution in [0.3, 0.4) is 0 Å². The maximum absolute atomic E-state index is 11.6. The van der Waals surface area contributed by atoms with Crippen molar-refractivity contribution in [3.63, 3.8) is 0 Å². The van der Waals surface area contributed by atoms with E-state index >= 15 is 0 Å². The molecule has 1 aliphatic carbocycles. The van der Waals surface area contributed by atoms with E-state index in [1.165, 1.54) is 12.5 Å². The fourth-order valence-electron chi connectivity index (χ4n) is 4.79. The molecular weight excluding hydrogens is 418 g/mol. The van der Waals surface area contributed by atoms with Crippen molar-refractivity contribution in [2.45, 2.75) is 89.9 Å². The van der Waals surface area contributed by atoms with E-state index in [0.29, 0.717) is 38.6 Å². The maximum atomic E-state index is 11.6. The molecule has 0 heterocycles. The van der Waals surface area contributed by atoms with Crippen LogP contribution in [0.15, 0.2) is 42.5 Å². The minimum absolute atomic E-state index is 0.00765. The number of unbranched alkanes of at least 4 members (excludes halogenated alkanes) is 1. The molecule has 184 valence electrons.